The summed E-state index contributed by atoms with van der Waals surface area (Å²) in [5.41, 5.74) is -1.04. The molecule has 0 saturated carbocycles. The molecule has 7 heavy (non-hydrogen) atoms. The van der Waals surface area contributed by atoms with Crippen molar-refractivity contribution in [3.8, 4) is 5.92 Å². The van der Waals surface area contributed by atoms with Gasteiger partial charge in [-0.25, -0.2) is 0 Å². The predicted molar refractivity (Wildman–Crippen MR) is 23.4 cm³/mol. The van der Waals surface area contributed by atoms with Gasteiger partial charge in [-0.15, -0.1) is 0 Å². The molecule has 0 aliphatic carbocycles. The van der Waals surface area contributed by atoms with E-state index in [0.29, 0.717) is 0 Å². The molecule has 0 rings (SSSR count). The summed E-state index contributed by atoms with van der Waals surface area (Å²) in [4.78, 5) is 0. The molecule has 0 saturated heterocycles. The van der Waals surface area contributed by atoms with Gasteiger partial charge >= 0.3 is 18.9 Å². The zero-order chi connectivity index (χ0) is 5.21. The van der Waals surface area contributed by atoms with Crippen LogP contribution in [0.5, 0.6) is 0 Å². The summed E-state index contributed by atoms with van der Waals surface area (Å²) < 4.78 is 0. The van der Waals surface area contributed by atoms with Gasteiger partial charge in [-0.2, -0.15) is 0 Å². The maximum Gasteiger partial charge on any atom is 1.00 e. The molecule has 1 nitrogen and oxygen atoms in total. The average Bonchev–Trinajstić information content (AvgIpc) is 1.35. The largest absolute Gasteiger partial charge is 1.00 e. The van der Waals surface area contributed by atoms with Crippen LogP contribution in [0.4, 0.5) is 0 Å². The molecule has 0 aliphatic rings. The van der Waals surface area contributed by atoms with Crippen LogP contribution in [0.3, 0.4) is 0 Å². The summed E-state index contributed by atoms with van der Waals surface area (Å²) in [7, 11) is 0. The summed E-state index contributed by atoms with van der Waals surface area (Å²) in [6.07, 6.45) is 6.35. The minimum absolute atomic E-state index is 0. The normalized spacial score (nSPS) is 8.86. The zero-order valence-corrected chi connectivity index (χ0v) is 4.95. The molecule has 2 heteroatoms. The molecule has 0 atom stereocenters. The van der Waals surface area contributed by atoms with Gasteiger partial charge in [0.1, 0.15) is 0 Å². The fourth-order valence-corrected chi connectivity index (χ4v) is 0. The van der Waals surface area contributed by atoms with E-state index in [4.69, 9.17) is 11.5 Å². The average molecular weight is 90.1 g/mol. The van der Waals surface area contributed by atoms with E-state index in [0.717, 1.165) is 0 Å². The number of rotatable bonds is 0. The molecule has 34 valence electrons. The van der Waals surface area contributed by atoms with Crippen molar-refractivity contribution in [3.63, 3.8) is 0 Å². The van der Waals surface area contributed by atoms with E-state index in [-0.39, 0.29) is 18.9 Å². The van der Waals surface area contributed by atoms with Crippen molar-refractivity contribution in [1.29, 1.82) is 0 Å². The van der Waals surface area contributed by atoms with Crippen LogP contribution in [0.1, 0.15) is 13.8 Å². The summed E-state index contributed by atoms with van der Waals surface area (Å²) in [5, 5.41) is 8.53. The Labute approximate surface area is 56.3 Å². The molecule has 0 fully saturated rings. The van der Waals surface area contributed by atoms with Crippen molar-refractivity contribution in [3.05, 3.63) is 6.42 Å². The second-order valence-corrected chi connectivity index (χ2v) is 1.68. The summed E-state index contributed by atoms with van der Waals surface area (Å²) >= 11 is 0. The van der Waals surface area contributed by atoms with E-state index in [9.17, 15) is 0 Å². The van der Waals surface area contributed by atoms with Gasteiger partial charge in [-0.3, -0.25) is 0 Å². The molecule has 0 aliphatic heterocycles. The third-order valence-corrected chi connectivity index (χ3v) is 0.306. The quantitative estimate of drug-likeness (QED) is 0.196. The van der Waals surface area contributed by atoms with Crippen LogP contribution < -0.4 is 18.9 Å². The standard InChI is InChI=1S/C5H7O.Li/c1-4-5(2,3)6;/h6H,2-3H3;/q-1;+1. The van der Waals surface area contributed by atoms with Crippen LogP contribution in [0.25, 0.3) is 0 Å². The molecule has 0 aromatic rings. The van der Waals surface area contributed by atoms with Crippen LogP contribution in [0.2, 0.25) is 0 Å². The van der Waals surface area contributed by atoms with E-state index in [1.165, 1.54) is 13.8 Å². The Hall–Kier alpha value is 0.117. The Morgan fingerprint density at radius 3 is 1.71 bits per heavy atom. The molecule has 1 N–H and O–H groups in total. The van der Waals surface area contributed by atoms with Gasteiger partial charge in [0, 0.05) is 0 Å². The number of hydrogen-bond acceptors (Lipinski definition) is 1. The summed E-state index contributed by atoms with van der Waals surface area (Å²) in [6, 6.07) is 0. The van der Waals surface area contributed by atoms with Crippen LogP contribution in [-0.2, 0) is 0 Å². The van der Waals surface area contributed by atoms with Gasteiger partial charge in [0.05, 0.1) is 5.60 Å². The maximum absolute atomic E-state index is 8.53. The topological polar surface area (TPSA) is 20.2 Å². The zero-order valence-electron chi connectivity index (χ0n) is 4.95. The Morgan fingerprint density at radius 2 is 1.71 bits per heavy atom. The summed E-state index contributed by atoms with van der Waals surface area (Å²) in [5.74, 6) is 1.91. The Balaban J connectivity index is 0. The van der Waals surface area contributed by atoms with Crippen molar-refractivity contribution >= 4 is 0 Å². The van der Waals surface area contributed by atoms with E-state index in [1.54, 1.807) is 0 Å². The van der Waals surface area contributed by atoms with Crippen LogP contribution in [0.15, 0.2) is 0 Å². The second-order valence-electron chi connectivity index (χ2n) is 1.68. The Kier molecular flexibility index (Phi) is 4.59. The third-order valence-electron chi connectivity index (χ3n) is 0.306. The number of hydrogen-bond donors (Lipinski definition) is 1. The van der Waals surface area contributed by atoms with Gasteiger partial charge in [0.25, 0.3) is 0 Å². The first kappa shape index (κ1) is 10.2. The fourth-order valence-electron chi connectivity index (χ4n) is 0. The van der Waals surface area contributed by atoms with Crippen molar-refractivity contribution in [2.24, 2.45) is 0 Å². The molecule has 0 aromatic heterocycles. The predicted octanol–water partition coefficient (Wildman–Crippen LogP) is -2.65. The fraction of sp³-hybridized carbons (Fsp3) is 0.600. The van der Waals surface area contributed by atoms with Crippen molar-refractivity contribution in [1.82, 2.24) is 0 Å². The summed E-state index contributed by atoms with van der Waals surface area (Å²) in [6.45, 7) is 3.00. The molecule has 0 aromatic carbocycles. The van der Waals surface area contributed by atoms with Gasteiger partial charge in [0.2, 0.25) is 0 Å². The minimum Gasteiger partial charge on any atom is -0.691 e. The maximum atomic E-state index is 8.53. The van der Waals surface area contributed by atoms with Gasteiger partial charge in [0.15, 0.2) is 0 Å². The molecule has 0 bridgehead atoms. The van der Waals surface area contributed by atoms with Gasteiger partial charge in [-0.1, -0.05) is 0 Å². The van der Waals surface area contributed by atoms with Gasteiger partial charge in [-0.05, 0) is 13.8 Å². The van der Waals surface area contributed by atoms with Crippen LogP contribution in [0, 0.1) is 12.3 Å². The van der Waals surface area contributed by atoms with E-state index >= 15 is 0 Å². The third kappa shape index (κ3) is 10.7. The Bertz CT molecular complexity index is 75.1. The van der Waals surface area contributed by atoms with Crippen molar-refractivity contribution in [2.75, 3.05) is 0 Å². The smallest absolute Gasteiger partial charge is 0.691 e. The van der Waals surface area contributed by atoms with Crippen molar-refractivity contribution in [2.45, 2.75) is 19.4 Å². The molecular formula is C5H7LiO. The second kappa shape index (κ2) is 3.16. The van der Waals surface area contributed by atoms with Crippen molar-refractivity contribution < 1.29 is 24.0 Å². The van der Waals surface area contributed by atoms with Gasteiger partial charge < -0.3 is 17.5 Å². The van der Waals surface area contributed by atoms with E-state index in [2.05, 4.69) is 0 Å². The van der Waals surface area contributed by atoms with E-state index in [1.807, 2.05) is 5.92 Å². The molecular weight excluding hydrogens is 83.0 g/mol. The van der Waals surface area contributed by atoms with Crippen LogP contribution >= 0.6 is 0 Å². The first-order valence-corrected chi connectivity index (χ1v) is 1.72. The monoisotopic (exact) mass is 90.1 g/mol. The van der Waals surface area contributed by atoms with E-state index < -0.39 is 5.60 Å². The Morgan fingerprint density at radius 1 is 1.57 bits per heavy atom. The molecule has 0 radical (unpaired) electrons. The first-order chi connectivity index (χ1) is 2.56. The molecule has 0 amide bonds. The number of aliphatic hydroxyl groups is 1. The first-order valence-electron chi connectivity index (χ1n) is 1.72. The van der Waals surface area contributed by atoms with Crippen LogP contribution in [-0.4, -0.2) is 10.7 Å². The minimum atomic E-state index is -1.04. The molecule has 0 spiro atoms. The SMILES string of the molecule is [C-]#CC(C)(C)O.[Li+]. The molecule has 0 unspecified atom stereocenters. The molecule has 0 heterocycles.